The summed E-state index contributed by atoms with van der Waals surface area (Å²) in [7, 11) is 2.09. The summed E-state index contributed by atoms with van der Waals surface area (Å²) in [6, 6.07) is 17.0. The highest BCUT2D eigenvalue weighted by Crippen LogP contribution is 2.21. The lowest BCUT2D eigenvalue weighted by Gasteiger charge is -2.07. The van der Waals surface area contributed by atoms with Gasteiger partial charge in [0.25, 0.3) is 29.5 Å². The van der Waals surface area contributed by atoms with Crippen molar-refractivity contribution >= 4 is 99.8 Å². The van der Waals surface area contributed by atoms with Crippen LogP contribution in [0.4, 0.5) is 39.5 Å². The lowest BCUT2D eigenvalue weighted by molar-refractivity contribution is 0.0576. The van der Waals surface area contributed by atoms with Crippen molar-refractivity contribution in [2.24, 2.45) is 5.73 Å². The molecule has 5 heterocycles. The van der Waals surface area contributed by atoms with Crippen LogP contribution in [0.15, 0.2) is 104 Å². The number of carbonyl (C=O) groups is 9. The third-order valence-corrected chi connectivity index (χ3v) is 13.2. The van der Waals surface area contributed by atoms with E-state index in [1.165, 1.54) is 54.6 Å². The Morgan fingerprint density at radius 2 is 0.627 bits per heavy atom. The summed E-state index contributed by atoms with van der Waals surface area (Å²) >= 11 is 22.4. The SMILES string of the molecule is COC(=O)c1ncnc(C(=O)NCc2ccc(F)c(Cl)c2)c1F.COC(=O)c1ncnc(C(=O)O)c1F.N#Cc1ncnc(C(=O)NCc2ccc(F)c(Cl)c2)c1F.NC(=O)c1ncnc(C(=O)NCc2ccc(F)c(Cl)c2)c1F.O=C(O)c1ncnc(C(=O)NCc2ccc(F)c(Cl)c2)c1F. The van der Waals surface area contributed by atoms with Crippen LogP contribution in [0.3, 0.4) is 0 Å². The predicted octanol–water partition coefficient (Wildman–Crippen LogP) is 7.91. The Kier molecular flexibility index (Phi) is 29.9. The molecule has 0 saturated heterocycles. The van der Waals surface area contributed by atoms with E-state index in [0.717, 1.165) is 70.1 Å². The standard InChI is InChI=1S/C14H10ClF2N3O3.C13H9ClF2N4O2.C13H7ClF2N4O.C13H8ClF2N3O3.C7H5FN2O4/c1-23-14(22)12-10(17)11(19-6-20-12)13(21)18-5-7-2-3-9(16)8(15)4-7;14-7-3-6(1-2-8(7)15)4-18-13(22)11-9(16)10(12(17)21)19-5-20-11;14-8-3-7(1-2-9(8)15)5-18-13(21)12-11(16)10(4-17)19-6-20-12;14-7-3-6(1-2-8(7)15)4-17-12(20)10-9(16)11(13(21)22)19-5-18-10;1-14-7(13)5-3(8)4(6(11)12)9-2-10-5/h2-4,6H,5H2,1H3,(H,18,21);1-3,5H,4H2,(H2,17,21)(H,18,22);1-3,6H,5H2,(H,18,21);1-3,5H,4H2,(H,17,20)(H,21,22);2H,1H3,(H,11,12). The normalized spacial score (nSPS) is 10.1. The van der Waals surface area contributed by atoms with Crippen LogP contribution in [0.1, 0.15) is 122 Å². The minimum atomic E-state index is -1.61. The van der Waals surface area contributed by atoms with Gasteiger partial charge in [-0.3, -0.25) is 24.0 Å². The number of aromatic nitrogens is 10. The molecule has 42 heteroatoms. The minimum Gasteiger partial charge on any atom is -0.476 e. The number of nitrogens with one attached hydrogen (secondary N) is 4. The molecule has 8 N–H and O–H groups in total. The molecule has 102 heavy (non-hydrogen) atoms. The number of hydrogen-bond acceptors (Lipinski definition) is 22. The molecule has 4 aromatic carbocycles. The molecule has 0 unspecified atom stereocenters. The quantitative estimate of drug-likeness (QED) is 0.0336. The minimum absolute atomic E-state index is 0.00413. The second-order valence-corrected chi connectivity index (χ2v) is 20.3. The molecule has 5 amide bonds. The molecule has 9 aromatic rings. The van der Waals surface area contributed by atoms with Gasteiger partial charge in [0, 0.05) is 26.2 Å². The number of ether oxygens (including phenoxy) is 2. The predicted molar refractivity (Wildman–Crippen MR) is 330 cm³/mol. The number of carboxylic acids is 2. The zero-order valence-electron chi connectivity index (χ0n) is 50.9. The van der Waals surface area contributed by atoms with Gasteiger partial charge in [-0.25, -0.2) is 109 Å². The van der Waals surface area contributed by atoms with E-state index >= 15 is 0 Å². The number of esters is 2. The number of carboxylic acid groups (broad SMARTS) is 2. The van der Waals surface area contributed by atoms with Gasteiger partial charge in [-0.2, -0.15) is 5.26 Å². The lowest BCUT2D eigenvalue weighted by Crippen LogP contribution is -2.27. The van der Waals surface area contributed by atoms with Crippen molar-refractivity contribution in [2.75, 3.05) is 14.2 Å². The number of hydrogen-bond donors (Lipinski definition) is 7. The summed E-state index contributed by atoms with van der Waals surface area (Å²) in [6.45, 7) is -0.126. The fourth-order valence-corrected chi connectivity index (χ4v) is 7.98. The first-order valence-electron chi connectivity index (χ1n) is 27.1. The second kappa shape index (κ2) is 38.0. The molecule has 0 aliphatic heterocycles. The number of nitrogens with zero attached hydrogens (tertiary/aromatic N) is 11. The van der Waals surface area contributed by atoms with Crippen LogP contribution in [-0.2, 0) is 35.7 Å². The fraction of sp³-hybridized carbons (Fsp3) is 0.100. The first kappa shape index (κ1) is 80.2. The van der Waals surface area contributed by atoms with Gasteiger partial charge in [0.1, 0.15) is 61.0 Å². The van der Waals surface area contributed by atoms with Crippen molar-refractivity contribution in [1.29, 1.82) is 5.26 Å². The van der Waals surface area contributed by atoms with E-state index in [-0.39, 0.29) is 46.3 Å². The van der Waals surface area contributed by atoms with E-state index < -0.39 is 163 Å². The van der Waals surface area contributed by atoms with Gasteiger partial charge >= 0.3 is 23.9 Å². The number of halogens is 13. The highest BCUT2D eigenvalue weighted by Gasteiger charge is 2.26. The second-order valence-electron chi connectivity index (χ2n) is 18.7. The van der Waals surface area contributed by atoms with Crippen LogP contribution < -0.4 is 27.0 Å². The number of nitrogens with two attached hydrogens (primary N) is 1. The Balaban J connectivity index is 0.000000231. The fourth-order valence-electron chi connectivity index (χ4n) is 7.17. The van der Waals surface area contributed by atoms with Gasteiger partial charge in [0.15, 0.2) is 86.0 Å². The number of primary amides is 1. The smallest absolute Gasteiger partial charge is 0.359 e. The maximum Gasteiger partial charge on any atom is 0.359 e. The summed E-state index contributed by atoms with van der Waals surface area (Å²) in [5.74, 6) is -18.3. The number of aromatic carboxylic acids is 2. The molecular weight excluding hydrogens is 1470 g/mol. The third-order valence-electron chi connectivity index (χ3n) is 12.1. The number of rotatable bonds is 17. The number of carbonyl (C=O) groups excluding carboxylic acids is 7. The highest BCUT2D eigenvalue weighted by atomic mass is 35.5. The van der Waals surface area contributed by atoms with Crippen molar-refractivity contribution in [3.63, 3.8) is 0 Å². The highest BCUT2D eigenvalue weighted by molar-refractivity contribution is 6.31. The Hall–Kier alpha value is -12.5. The van der Waals surface area contributed by atoms with Gasteiger partial charge in [-0.15, -0.1) is 0 Å². The number of benzene rings is 4. The van der Waals surface area contributed by atoms with Crippen LogP contribution in [-0.4, -0.2) is 128 Å². The number of methoxy groups -OCH3 is 2. The zero-order valence-corrected chi connectivity index (χ0v) is 54.0. The van der Waals surface area contributed by atoms with Gasteiger partial charge in [0.05, 0.1) is 34.3 Å². The summed E-state index contributed by atoms with van der Waals surface area (Å²) in [4.78, 5) is 135. The van der Waals surface area contributed by atoms with Crippen LogP contribution in [0.2, 0.25) is 20.1 Å². The summed E-state index contributed by atoms with van der Waals surface area (Å²) in [5, 5.41) is 34.9. The topological polar surface area (TPSA) is 439 Å². The summed E-state index contributed by atoms with van der Waals surface area (Å²) in [5.41, 5.74) is 0.223. The van der Waals surface area contributed by atoms with E-state index in [1.54, 1.807) is 0 Å². The molecule has 0 saturated carbocycles. The molecule has 528 valence electrons. The third kappa shape index (κ3) is 22.3. The monoisotopic (exact) mass is 1500 g/mol. The van der Waals surface area contributed by atoms with E-state index in [0.29, 0.717) is 22.3 Å². The number of nitriles is 1. The molecule has 0 radical (unpaired) electrons. The molecule has 9 rings (SSSR count). The van der Waals surface area contributed by atoms with Crippen molar-refractivity contribution in [3.05, 3.63) is 256 Å². The largest absolute Gasteiger partial charge is 0.476 e. The Bertz CT molecular complexity index is 4640. The first-order valence-corrected chi connectivity index (χ1v) is 28.6. The molecular formula is C60H39Cl4F9N16O13. The molecule has 0 aliphatic rings. The summed E-state index contributed by atoms with van der Waals surface area (Å²) < 4.78 is 129. The number of amides is 5. The zero-order chi connectivity index (χ0) is 75.7. The van der Waals surface area contributed by atoms with Crippen molar-refractivity contribution in [3.8, 4) is 6.07 Å². The van der Waals surface area contributed by atoms with Crippen LogP contribution in [0.5, 0.6) is 0 Å². The lowest BCUT2D eigenvalue weighted by atomic mass is 10.2. The molecule has 5 aromatic heterocycles. The van der Waals surface area contributed by atoms with Crippen molar-refractivity contribution in [2.45, 2.75) is 26.2 Å². The van der Waals surface area contributed by atoms with E-state index in [4.69, 9.17) is 67.6 Å². The molecule has 0 atom stereocenters. The van der Waals surface area contributed by atoms with Crippen LogP contribution in [0, 0.1) is 63.7 Å². The Morgan fingerprint density at radius 1 is 0.392 bits per heavy atom. The van der Waals surface area contributed by atoms with Crippen molar-refractivity contribution in [1.82, 2.24) is 71.1 Å². The van der Waals surface area contributed by atoms with Crippen LogP contribution >= 0.6 is 46.4 Å². The van der Waals surface area contributed by atoms with Gasteiger partial charge < -0.3 is 46.7 Å². The van der Waals surface area contributed by atoms with Gasteiger partial charge in [-0.05, 0) is 70.8 Å². The Labute approximate surface area is 584 Å². The average molecular weight is 1500 g/mol. The maximum absolute atomic E-state index is 14.0. The molecule has 0 spiro atoms. The summed E-state index contributed by atoms with van der Waals surface area (Å²) in [6.07, 6.45) is 4.20. The van der Waals surface area contributed by atoms with Crippen LogP contribution in [0.25, 0.3) is 0 Å². The maximum atomic E-state index is 14.0. The Morgan fingerprint density at radius 3 is 0.892 bits per heavy atom. The molecule has 0 fully saturated rings. The van der Waals surface area contributed by atoms with Gasteiger partial charge in [-0.1, -0.05) is 70.7 Å². The molecule has 29 nitrogen and oxygen atoms in total. The molecule has 0 bridgehead atoms. The van der Waals surface area contributed by atoms with Crippen molar-refractivity contribution < 1.29 is 102 Å². The van der Waals surface area contributed by atoms with Gasteiger partial charge in [0.2, 0.25) is 0 Å². The van der Waals surface area contributed by atoms with E-state index in [1.807, 2.05) is 0 Å². The molecule has 0 aliphatic carbocycles. The first-order chi connectivity index (χ1) is 48.3. The van der Waals surface area contributed by atoms with E-state index in [2.05, 4.69) is 80.6 Å². The van der Waals surface area contributed by atoms with E-state index in [9.17, 15) is 82.7 Å². The average Bonchev–Trinajstić information content (AvgIpc) is 0.846.